The van der Waals surface area contributed by atoms with Gasteiger partial charge < -0.3 is 0 Å². The summed E-state index contributed by atoms with van der Waals surface area (Å²) in [6, 6.07) is 13.2. The fourth-order valence-electron chi connectivity index (χ4n) is 5.15. The number of hydrogen-bond donors (Lipinski definition) is 0. The van der Waals surface area contributed by atoms with Gasteiger partial charge in [0, 0.05) is 11.1 Å². The van der Waals surface area contributed by atoms with Crippen LogP contribution in [0.1, 0.15) is 22.3 Å². The van der Waals surface area contributed by atoms with E-state index in [4.69, 9.17) is 12.8 Å². The van der Waals surface area contributed by atoms with Gasteiger partial charge in [0.15, 0.2) is 0 Å². The smallest absolute Gasteiger partial charge is 0.0356 e. The number of aryl methyl sites for hydroxylation is 2. The topological polar surface area (TPSA) is 0 Å². The van der Waals surface area contributed by atoms with E-state index in [1.54, 1.807) is 0 Å². The molecule has 0 aliphatic heterocycles. The van der Waals surface area contributed by atoms with Crippen molar-refractivity contribution in [2.45, 2.75) is 13.8 Å². The maximum absolute atomic E-state index is 5.92. The van der Waals surface area contributed by atoms with Crippen molar-refractivity contribution in [2.75, 3.05) is 0 Å². The molecular formula is C26H14. The molecule has 118 valence electrons. The van der Waals surface area contributed by atoms with Gasteiger partial charge in [-0.2, -0.15) is 0 Å². The Labute approximate surface area is 151 Å². The molecule has 0 aromatic heterocycles. The first kappa shape index (κ1) is 13.8. The average molecular weight is 326 g/mol. The number of hydrogen-bond acceptors (Lipinski definition) is 0. The van der Waals surface area contributed by atoms with Crippen LogP contribution in [0.3, 0.4) is 0 Å². The molecule has 0 nitrogen and oxygen atoms in total. The van der Waals surface area contributed by atoms with Crippen molar-refractivity contribution in [3.63, 3.8) is 0 Å². The molecule has 0 saturated heterocycles. The Morgan fingerprint density at radius 1 is 0.538 bits per heavy atom. The van der Waals surface area contributed by atoms with Gasteiger partial charge >= 0.3 is 0 Å². The highest BCUT2D eigenvalue weighted by Gasteiger charge is 2.24. The standard InChI is InChI=1S/C26H14/c1-5-16-13(3)18-11-12-19-14(4)17(6-2)21-10-8-15-7-9-20(16)25-22(15)26(21)24(19)23(18)25/h1-2,7-12H,3-4H3. The lowest BCUT2D eigenvalue weighted by atomic mass is 9.90. The van der Waals surface area contributed by atoms with Crippen LogP contribution in [0.4, 0.5) is 0 Å². The van der Waals surface area contributed by atoms with Crippen LogP contribution in [0.25, 0.3) is 53.9 Å². The highest BCUT2D eigenvalue weighted by atomic mass is 14.3. The molecule has 0 heterocycles. The summed E-state index contributed by atoms with van der Waals surface area (Å²) in [4.78, 5) is 0. The van der Waals surface area contributed by atoms with Gasteiger partial charge in [0.2, 0.25) is 0 Å². The molecule has 0 amide bonds. The molecule has 0 radical (unpaired) electrons. The Kier molecular flexibility index (Phi) is 2.22. The van der Waals surface area contributed by atoms with Gasteiger partial charge in [-0.05, 0) is 78.8 Å². The summed E-state index contributed by atoms with van der Waals surface area (Å²) in [6.45, 7) is 4.28. The van der Waals surface area contributed by atoms with Crippen molar-refractivity contribution in [2.24, 2.45) is 0 Å². The van der Waals surface area contributed by atoms with E-state index < -0.39 is 0 Å². The second kappa shape index (κ2) is 4.19. The summed E-state index contributed by atoms with van der Waals surface area (Å²) in [5.41, 5.74) is 4.40. The molecule has 0 atom stereocenters. The fourth-order valence-corrected chi connectivity index (χ4v) is 5.15. The average Bonchev–Trinajstić information content (AvgIpc) is 3.02. The summed E-state index contributed by atoms with van der Waals surface area (Å²) in [7, 11) is 0. The Morgan fingerprint density at radius 3 is 1.35 bits per heavy atom. The van der Waals surface area contributed by atoms with Crippen molar-refractivity contribution in [3.8, 4) is 24.7 Å². The van der Waals surface area contributed by atoms with E-state index in [0.29, 0.717) is 0 Å². The maximum Gasteiger partial charge on any atom is 0.0356 e. The molecule has 0 aliphatic rings. The zero-order chi connectivity index (χ0) is 17.7. The van der Waals surface area contributed by atoms with Crippen LogP contribution < -0.4 is 0 Å². The van der Waals surface area contributed by atoms with E-state index in [-0.39, 0.29) is 0 Å². The van der Waals surface area contributed by atoms with Gasteiger partial charge in [-0.1, -0.05) is 48.2 Å². The van der Waals surface area contributed by atoms with Crippen LogP contribution in [0.5, 0.6) is 0 Å². The van der Waals surface area contributed by atoms with Crippen LogP contribution in [0.15, 0.2) is 36.4 Å². The lowest BCUT2D eigenvalue weighted by molar-refractivity contribution is 1.52. The van der Waals surface area contributed by atoms with Gasteiger partial charge in [0.1, 0.15) is 0 Å². The van der Waals surface area contributed by atoms with E-state index >= 15 is 0 Å². The third kappa shape index (κ3) is 1.24. The zero-order valence-electron chi connectivity index (χ0n) is 14.6. The van der Waals surface area contributed by atoms with Crippen LogP contribution in [0, 0.1) is 38.5 Å². The van der Waals surface area contributed by atoms with Crippen molar-refractivity contribution in [1.29, 1.82) is 0 Å². The highest BCUT2D eigenvalue weighted by molar-refractivity contribution is 6.45. The first-order valence-corrected chi connectivity index (χ1v) is 8.81. The van der Waals surface area contributed by atoms with Crippen molar-refractivity contribution in [3.05, 3.63) is 58.7 Å². The van der Waals surface area contributed by atoms with Gasteiger partial charge in [-0.25, -0.2) is 0 Å². The molecule has 0 spiro atoms. The third-order valence-corrected chi connectivity index (χ3v) is 6.28. The first-order chi connectivity index (χ1) is 12.7. The first-order valence-electron chi connectivity index (χ1n) is 8.81. The predicted molar refractivity (Wildman–Crippen MR) is 113 cm³/mol. The summed E-state index contributed by atoms with van der Waals surface area (Å²) < 4.78 is 0. The predicted octanol–water partition coefficient (Wildman–Crippen LogP) is 6.35. The van der Waals surface area contributed by atoms with Crippen molar-refractivity contribution < 1.29 is 0 Å². The van der Waals surface area contributed by atoms with E-state index in [0.717, 1.165) is 11.1 Å². The molecule has 0 saturated carbocycles. The SMILES string of the molecule is C#Cc1c(C)c2ccc3c(C)c(C#C)c4ccc5ccc1c1c5c4c3c21. The Balaban J connectivity index is 2.18. The fraction of sp³-hybridized carbons (Fsp3) is 0.0769. The molecule has 0 bridgehead atoms. The van der Waals surface area contributed by atoms with Crippen LogP contribution >= 0.6 is 0 Å². The molecule has 0 heteroatoms. The summed E-state index contributed by atoms with van der Waals surface area (Å²) in [5.74, 6) is 5.89. The Morgan fingerprint density at radius 2 is 0.923 bits per heavy atom. The molecule has 0 fully saturated rings. The van der Waals surface area contributed by atoms with Crippen LogP contribution in [0.2, 0.25) is 0 Å². The second-order valence-corrected chi connectivity index (χ2v) is 7.27. The molecule has 6 aromatic carbocycles. The van der Waals surface area contributed by atoms with E-state index in [1.807, 2.05) is 0 Å². The van der Waals surface area contributed by atoms with Gasteiger partial charge in [0.25, 0.3) is 0 Å². The second-order valence-electron chi connectivity index (χ2n) is 7.27. The third-order valence-electron chi connectivity index (χ3n) is 6.28. The molecule has 0 unspecified atom stereocenters. The monoisotopic (exact) mass is 326 g/mol. The molecule has 0 N–H and O–H groups in total. The summed E-state index contributed by atoms with van der Waals surface area (Å²) >= 11 is 0. The minimum absolute atomic E-state index is 1.01. The largest absolute Gasteiger partial charge is 0.115 e. The summed E-state index contributed by atoms with van der Waals surface area (Å²) in [6.07, 6.45) is 11.8. The van der Waals surface area contributed by atoms with Gasteiger partial charge in [-0.15, -0.1) is 12.8 Å². The lowest BCUT2D eigenvalue weighted by Gasteiger charge is -2.12. The normalized spacial score (nSPS) is 12.2. The quantitative estimate of drug-likeness (QED) is 0.225. The lowest BCUT2D eigenvalue weighted by Crippen LogP contribution is -1.90. The number of terminal acetylenes is 2. The van der Waals surface area contributed by atoms with E-state index in [1.165, 1.54) is 65.0 Å². The Bertz CT molecular complexity index is 1480. The van der Waals surface area contributed by atoms with Crippen molar-refractivity contribution >= 4 is 53.9 Å². The van der Waals surface area contributed by atoms with Crippen molar-refractivity contribution in [1.82, 2.24) is 0 Å². The molecule has 6 aromatic rings. The summed E-state index contributed by atoms with van der Waals surface area (Å²) in [5, 5.41) is 12.7. The maximum atomic E-state index is 5.92. The molecule has 6 rings (SSSR count). The molecular weight excluding hydrogens is 312 g/mol. The van der Waals surface area contributed by atoms with E-state index in [2.05, 4.69) is 62.1 Å². The van der Waals surface area contributed by atoms with Gasteiger partial charge in [0.05, 0.1) is 0 Å². The van der Waals surface area contributed by atoms with E-state index in [9.17, 15) is 0 Å². The molecule has 26 heavy (non-hydrogen) atoms. The minimum atomic E-state index is 1.01. The number of rotatable bonds is 0. The van der Waals surface area contributed by atoms with Crippen LogP contribution in [-0.4, -0.2) is 0 Å². The Hall–Kier alpha value is -3.48. The minimum Gasteiger partial charge on any atom is -0.115 e. The molecule has 0 aliphatic carbocycles. The zero-order valence-corrected chi connectivity index (χ0v) is 14.6. The highest BCUT2D eigenvalue weighted by Crippen LogP contribution is 2.51. The van der Waals surface area contributed by atoms with Gasteiger partial charge in [-0.3, -0.25) is 0 Å². The number of benzene rings is 5. The van der Waals surface area contributed by atoms with Crippen LogP contribution in [-0.2, 0) is 0 Å².